The van der Waals surface area contributed by atoms with Gasteiger partial charge >= 0.3 is 0 Å². The number of carbonyl (C=O) groups excluding carboxylic acids is 1. The van der Waals surface area contributed by atoms with Gasteiger partial charge in [0.2, 0.25) is 0 Å². The molecule has 0 saturated heterocycles. The van der Waals surface area contributed by atoms with Gasteiger partial charge in [0, 0.05) is 30.3 Å². The highest BCUT2D eigenvalue weighted by atomic mass is 79.9. The van der Waals surface area contributed by atoms with Crippen LogP contribution < -0.4 is 5.32 Å². The fourth-order valence-electron chi connectivity index (χ4n) is 1.72. The zero-order valence-corrected chi connectivity index (χ0v) is 12.7. The number of benzene rings is 1. The maximum absolute atomic E-state index is 11.9. The van der Waals surface area contributed by atoms with Crippen LogP contribution in [0.15, 0.2) is 34.8 Å². The molecule has 0 saturated carbocycles. The Kier molecular flexibility index (Phi) is 5.31. The Morgan fingerprint density at radius 2 is 2.15 bits per heavy atom. The van der Waals surface area contributed by atoms with Crippen LogP contribution in [0.5, 0.6) is 0 Å². The lowest BCUT2D eigenvalue weighted by Gasteiger charge is -2.02. The first-order chi connectivity index (χ1) is 9.70. The van der Waals surface area contributed by atoms with E-state index in [-0.39, 0.29) is 5.91 Å². The van der Waals surface area contributed by atoms with E-state index in [1.807, 2.05) is 24.3 Å². The molecular weight excluding hydrogens is 322 g/mol. The van der Waals surface area contributed by atoms with Crippen molar-refractivity contribution < 1.29 is 9.53 Å². The summed E-state index contributed by atoms with van der Waals surface area (Å²) in [4.78, 5) is 11.9. The number of hydrogen-bond acceptors (Lipinski definition) is 3. The first-order valence-electron chi connectivity index (χ1n) is 6.29. The van der Waals surface area contributed by atoms with Crippen molar-refractivity contribution in [1.82, 2.24) is 15.5 Å². The summed E-state index contributed by atoms with van der Waals surface area (Å²) in [6, 6.07) is 9.51. The van der Waals surface area contributed by atoms with Crippen LogP contribution in [0.4, 0.5) is 0 Å². The summed E-state index contributed by atoms with van der Waals surface area (Å²) >= 11 is 3.39. The summed E-state index contributed by atoms with van der Waals surface area (Å²) in [5.41, 5.74) is 2.17. The molecule has 2 aromatic rings. The average molecular weight is 338 g/mol. The number of hydrogen-bond donors (Lipinski definition) is 2. The second-order valence-corrected chi connectivity index (χ2v) is 5.19. The van der Waals surface area contributed by atoms with Crippen molar-refractivity contribution >= 4 is 21.8 Å². The number of nitrogens with one attached hydrogen (secondary N) is 2. The van der Waals surface area contributed by atoms with Gasteiger partial charge in [0.15, 0.2) is 0 Å². The number of carbonyl (C=O) groups is 1. The van der Waals surface area contributed by atoms with Crippen LogP contribution in [-0.4, -0.2) is 36.4 Å². The second kappa shape index (κ2) is 7.21. The van der Waals surface area contributed by atoms with E-state index in [2.05, 4.69) is 31.4 Å². The van der Waals surface area contributed by atoms with Crippen LogP contribution in [0.3, 0.4) is 0 Å². The molecule has 0 atom stereocenters. The van der Waals surface area contributed by atoms with Crippen molar-refractivity contribution in [2.24, 2.45) is 0 Å². The Bertz CT molecular complexity index is 566. The summed E-state index contributed by atoms with van der Waals surface area (Å²) in [5.74, 6) is -0.156. The van der Waals surface area contributed by atoms with Gasteiger partial charge in [0.25, 0.3) is 5.91 Å². The molecule has 2 rings (SSSR count). The van der Waals surface area contributed by atoms with Gasteiger partial charge in [-0.2, -0.15) is 5.10 Å². The van der Waals surface area contributed by atoms with Crippen LogP contribution in [0.25, 0.3) is 11.3 Å². The summed E-state index contributed by atoms with van der Waals surface area (Å²) in [6.45, 7) is 1.21. The van der Waals surface area contributed by atoms with Crippen molar-refractivity contribution in [1.29, 1.82) is 0 Å². The molecule has 0 radical (unpaired) electrons. The molecule has 2 N–H and O–H groups in total. The molecule has 0 aliphatic rings. The molecule has 0 aliphatic heterocycles. The molecule has 0 unspecified atom stereocenters. The number of aromatic amines is 1. The Morgan fingerprint density at radius 3 is 2.85 bits per heavy atom. The molecule has 1 aromatic heterocycles. The van der Waals surface area contributed by atoms with E-state index < -0.39 is 0 Å². The first kappa shape index (κ1) is 14.7. The van der Waals surface area contributed by atoms with Gasteiger partial charge in [-0.15, -0.1) is 0 Å². The molecule has 6 heteroatoms. The normalized spacial score (nSPS) is 10.5. The van der Waals surface area contributed by atoms with Gasteiger partial charge < -0.3 is 10.1 Å². The molecule has 0 spiro atoms. The zero-order valence-electron chi connectivity index (χ0n) is 11.1. The quantitative estimate of drug-likeness (QED) is 0.796. The molecule has 0 bridgehead atoms. The lowest BCUT2D eigenvalue weighted by molar-refractivity contribution is 0.0943. The van der Waals surface area contributed by atoms with E-state index in [4.69, 9.17) is 4.74 Å². The number of nitrogens with zero attached hydrogens (tertiary/aromatic N) is 1. The molecule has 5 nitrogen and oxygen atoms in total. The Balaban J connectivity index is 1.98. The van der Waals surface area contributed by atoms with Crippen molar-refractivity contribution in [3.63, 3.8) is 0 Å². The summed E-state index contributed by atoms with van der Waals surface area (Å²) < 4.78 is 5.93. The minimum absolute atomic E-state index is 0.156. The molecule has 1 heterocycles. The van der Waals surface area contributed by atoms with E-state index in [0.717, 1.165) is 22.2 Å². The van der Waals surface area contributed by atoms with Crippen molar-refractivity contribution in [3.05, 3.63) is 40.5 Å². The molecule has 0 fully saturated rings. The van der Waals surface area contributed by atoms with E-state index >= 15 is 0 Å². The first-order valence-corrected chi connectivity index (χ1v) is 7.08. The standard InChI is InChI=1S/C14H16BrN3O2/c1-20-8-2-7-16-14(19)13-9-12(17-18-13)10-3-5-11(15)6-4-10/h3-6,9H,2,7-8H2,1H3,(H,16,19)(H,17,18). The van der Waals surface area contributed by atoms with E-state index in [9.17, 15) is 4.79 Å². The Morgan fingerprint density at radius 1 is 1.40 bits per heavy atom. The minimum Gasteiger partial charge on any atom is -0.385 e. The van der Waals surface area contributed by atoms with Crippen molar-refractivity contribution in [3.8, 4) is 11.3 Å². The maximum Gasteiger partial charge on any atom is 0.269 e. The molecule has 106 valence electrons. The number of H-pyrrole nitrogens is 1. The third kappa shape index (κ3) is 3.91. The van der Waals surface area contributed by atoms with Gasteiger partial charge in [-0.05, 0) is 24.6 Å². The van der Waals surface area contributed by atoms with Crippen LogP contribution in [0, 0.1) is 0 Å². The highest BCUT2D eigenvalue weighted by Crippen LogP contribution is 2.20. The Hall–Kier alpha value is -1.66. The average Bonchev–Trinajstić information content (AvgIpc) is 2.94. The summed E-state index contributed by atoms with van der Waals surface area (Å²) in [5, 5.41) is 9.72. The van der Waals surface area contributed by atoms with Crippen LogP contribution in [-0.2, 0) is 4.74 Å². The predicted octanol–water partition coefficient (Wildman–Crippen LogP) is 2.61. The Labute approximate surface area is 125 Å². The summed E-state index contributed by atoms with van der Waals surface area (Å²) in [6.07, 6.45) is 0.788. The number of halogens is 1. The fourth-order valence-corrected chi connectivity index (χ4v) is 1.98. The second-order valence-electron chi connectivity index (χ2n) is 4.28. The maximum atomic E-state index is 11.9. The zero-order chi connectivity index (χ0) is 14.4. The van der Waals surface area contributed by atoms with Crippen LogP contribution in [0.2, 0.25) is 0 Å². The number of amides is 1. The molecule has 1 aromatic carbocycles. The van der Waals surface area contributed by atoms with Gasteiger partial charge in [-0.3, -0.25) is 9.89 Å². The monoisotopic (exact) mass is 337 g/mol. The predicted molar refractivity (Wildman–Crippen MR) is 80.5 cm³/mol. The SMILES string of the molecule is COCCCNC(=O)c1cc(-c2ccc(Br)cc2)n[nH]1. The lowest BCUT2D eigenvalue weighted by Crippen LogP contribution is -2.25. The fraction of sp³-hybridized carbons (Fsp3) is 0.286. The van der Waals surface area contributed by atoms with Gasteiger partial charge in [0.1, 0.15) is 5.69 Å². The third-order valence-corrected chi connectivity index (χ3v) is 3.30. The molecule has 20 heavy (non-hydrogen) atoms. The van der Waals surface area contributed by atoms with E-state index in [0.29, 0.717) is 18.8 Å². The van der Waals surface area contributed by atoms with E-state index in [1.54, 1.807) is 13.2 Å². The third-order valence-electron chi connectivity index (χ3n) is 2.77. The van der Waals surface area contributed by atoms with Crippen molar-refractivity contribution in [2.45, 2.75) is 6.42 Å². The van der Waals surface area contributed by atoms with Crippen LogP contribution in [0.1, 0.15) is 16.9 Å². The van der Waals surface area contributed by atoms with Crippen LogP contribution >= 0.6 is 15.9 Å². The minimum atomic E-state index is -0.156. The number of aromatic nitrogens is 2. The molecule has 0 aliphatic carbocycles. The molecular formula is C14H16BrN3O2. The highest BCUT2D eigenvalue weighted by molar-refractivity contribution is 9.10. The van der Waals surface area contributed by atoms with Gasteiger partial charge in [-0.25, -0.2) is 0 Å². The largest absolute Gasteiger partial charge is 0.385 e. The molecule has 1 amide bonds. The van der Waals surface area contributed by atoms with Gasteiger partial charge in [0.05, 0.1) is 5.69 Å². The summed E-state index contributed by atoms with van der Waals surface area (Å²) in [7, 11) is 1.64. The lowest BCUT2D eigenvalue weighted by atomic mass is 10.1. The highest BCUT2D eigenvalue weighted by Gasteiger charge is 2.10. The smallest absolute Gasteiger partial charge is 0.269 e. The van der Waals surface area contributed by atoms with Gasteiger partial charge in [-0.1, -0.05) is 28.1 Å². The van der Waals surface area contributed by atoms with Crippen molar-refractivity contribution in [2.75, 3.05) is 20.3 Å². The number of methoxy groups -OCH3 is 1. The number of ether oxygens (including phenoxy) is 1. The topological polar surface area (TPSA) is 67.0 Å². The van der Waals surface area contributed by atoms with E-state index in [1.165, 1.54) is 0 Å². The number of rotatable bonds is 6.